The van der Waals surface area contributed by atoms with Gasteiger partial charge >= 0.3 is 5.97 Å². The van der Waals surface area contributed by atoms with Gasteiger partial charge in [0.25, 0.3) is 0 Å². The number of carbonyl (C=O) groups is 1. The summed E-state index contributed by atoms with van der Waals surface area (Å²) >= 11 is 0. The Hall–Kier alpha value is -1.77. The van der Waals surface area contributed by atoms with Crippen LogP contribution in [-0.4, -0.2) is 15.6 Å². The van der Waals surface area contributed by atoms with Gasteiger partial charge in [-0.05, 0) is 18.6 Å². The Balaban J connectivity index is 2.92. The largest absolute Gasteiger partial charge is 0.478 e. The Morgan fingerprint density at radius 1 is 1.43 bits per heavy atom. The summed E-state index contributed by atoms with van der Waals surface area (Å²) in [6.07, 6.45) is 1.94. The number of carboxylic acid groups (broad SMARTS) is 1. The van der Waals surface area contributed by atoms with Crippen LogP contribution in [0.1, 0.15) is 15.9 Å². The maximum absolute atomic E-state index is 11.0. The Morgan fingerprint density at radius 2 is 2.14 bits per heavy atom. The molecule has 0 aliphatic carbocycles. The molecule has 14 heavy (non-hydrogen) atoms. The highest BCUT2D eigenvalue weighted by molar-refractivity contribution is 6.03. The lowest BCUT2D eigenvalue weighted by Gasteiger charge is -2.00. The maximum atomic E-state index is 11.0. The molecule has 0 atom stereocenters. The maximum Gasteiger partial charge on any atom is 0.337 e. The number of para-hydroxylation sites is 1. The van der Waals surface area contributed by atoms with E-state index in [-0.39, 0.29) is 0 Å². The Kier molecular flexibility index (Phi) is 1.81. The molecule has 72 valence electrons. The SMILES string of the molecule is Cc1cn(C)c2c(C(=O)O)cccc12. The summed E-state index contributed by atoms with van der Waals surface area (Å²) in [7, 11) is 1.86. The highest BCUT2D eigenvalue weighted by Crippen LogP contribution is 2.23. The highest BCUT2D eigenvalue weighted by Gasteiger charge is 2.12. The minimum atomic E-state index is -0.878. The van der Waals surface area contributed by atoms with Crippen molar-refractivity contribution in [3.63, 3.8) is 0 Å². The molecular formula is C11H11NO2. The van der Waals surface area contributed by atoms with Gasteiger partial charge in [0.1, 0.15) is 0 Å². The fourth-order valence-corrected chi connectivity index (χ4v) is 1.84. The average molecular weight is 189 g/mol. The summed E-state index contributed by atoms with van der Waals surface area (Å²) < 4.78 is 1.86. The van der Waals surface area contributed by atoms with Crippen molar-refractivity contribution >= 4 is 16.9 Å². The number of aromatic carboxylic acids is 1. The zero-order chi connectivity index (χ0) is 10.3. The van der Waals surface area contributed by atoms with Crippen LogP contribution in [0, 0.1) is 6.92 Å². The molecule has 0 radical (unpaired) electrons. The molecular weight excluding hydrogens is 178 g/mol. The van der Waals surface area contributed by atoms with Gasteiger partial charge in [-0.1, -0.05) is 12.1 Å². The van der Waals surface area contributed by atoms with Crippen LogP contribution in [0.15, 0.2) is 24.4 Å². The molecule has 1 N–H and O–H groups in total. The van der Waals surface area contributed by atoms with Gasteiger partial charge in [0.2, 0.25) is 0 Å². The summed E-state index contributed by atoms with van der Waals surface area (Å²) in [5.74, 6) is -0.878. The number of benzene rings is 1. The minimum Gasteiger partial charge on any atom is -0.478 e. The summed E-state index contributed by atoms with van der Waals surface area (Å²) in [4.78, 5) is 11.0. The van der Waals surface area contributed by atoms with Gasteiger partial charge in [-0.2, -0.15) is 0 Å². The van der Waals surface area contributed by atoms with Crippen LogP contribution < -0.4 is 0 Å². The second-order valence-corrected chi connectivity index (χ2v) is 3.43. The number of aryl methyl sites for hydroxylation is 2. The molecule has 1 heterocycles. The van der Waals surface area contributed by atoms with Crippen molar-refractivity contribution in [3.8, 4) is 0 Å². The fourth-order valence-electron chi connectivity index (χ4n) is 1.84. The smallest absolute Gasteiger partial charge is 0.337 e. The van der Waals surface area contributed by atoms with Crippen molar-refractivity contribution in [3.05, 3.63) is 35.5 Å². The number of rotatable bonds is 1. The summed E-state index contributed by atoms with van der Waals surface area (Å²) in [5, 5.41) is 10.0. The lowest BCUT2D eigenvalue weighted by Crippen LogP contribution is -1.99. The van der Waals surface area contributed by atoms with Crippen LogP contribution >= 0.6 is 0 Å². The lowest BCUT2D eigenvalue weighted by atomic mass is 10.1. The Bertz CT molecular complexity index is 511. The van der Waals surface area contributed by atoms with Crippen molar-refractivity contribution in [1.82, 2.24) is 4.57 Å². The third-order valence-corrected chi connectivity index (χ3v) is 2.43. The zero-order valence-corrected chi connectivity index (χ0v) is 8.11. The molecule has 0 saturated heterocycles. The van der Waals surface area contributed by atoms with Crippen LogP contribution in [0.2, 0.25) is 0 Å². The van der Waals surface area contributed by atoms with E-state index in [0.717, 1.165) is 16.5 Å². The molecule has 0 aliphatic heterocycles. The quantitative estimate of drug-likeness (QED) is 0.747. The molecule has 0 spiro atoms. The molecule has 0 amide bonds. The molecule has 0 unspecified atom stereocenters. The van der Waals surface area contributed by atoms with Crippen molar-refractivity contribution < 1.29 is 9.90 Å². The minimum absolute atomic E-state index is 0.359. The third kappa shape index (κ3) is 1.09. The predicted molar refractivity (Wildman–Crippen MR) is 54.6 cm³/mol. The second kappa shape index (κ2) is 2.87. The van der Waals surface area contributed by atoms with Crippen LogP contribution in [-0.2, 0) is 7.05 Å². The van der Waals surface area contributed by atoms with Crippen molar-refractivity contribution in [1.29, 1.82) is 0 Å². The van der Waals surface area contributed by atoms with Gasteiger partial charge in [0.15, 0.2) is 0 Å². The molecule has 0 bridgehead atoms. The van der Waals surface area contributed by atoms with Crippen molar-refractivity contribution in [2.24, 2.45) is 7.05 Å². The number of aromatic nitrogens is 1. The first-order valence-corrected chi connectivity index (χ1v) is 4.39. The van der Waals surface area contributed by atoms with E-state index in [9.17, 15) is 4.79 Å². The van der Waals surface area contributed by atoms with Gasteiger partial charge in [0.05, 0.1) is 11.1 Å². The van der Waals surface area contributed by atoms with E-state index in [0.29, 0.717) is 5.56 Å². The molecule has 1 aromatic carbocycles. The van der Waals surface area contributed by atoms with E-state index >= 15 is 0 Å². The Labute approximate surface area is 81.6 Å². The van der Waals surface area contributed by atoms with Gasteiger partial charge < -0.3 is 9.67 Å². The molecule has 1 aromatic heterocycles. The standard InChI is InChI=1S/C11H11NO2/c1-7-6-12(2)10-8(7)4-3-5-9(10)11(13)14/h3-6H,1-2H3,(H,13,14). The predicted octanol–water partition coefficient (Wildman–Crippen LogP) is 2.18. The van der Waals surface area contributed by atoms with Crippen LogP contribution in [0.4, 0.5) is 0 Å². The summed E-state index contributed by atoms with van der Waals surface area (Å²) in [6.45, 7) is 1.98. The normalized spacial score (nSPS) is 10.7. The number of nitrogens with zero attached hydrogens (tertiary/aromatic N) is 1. The lowest BCUT2D eigenvalue weighted by molar-refractivity contribution is 0.0698. The van der Waals surface area contributed by atoms with E-state index in [4.69, 9.17) is 5.11 Å². The van der Waals surface area contributed by atoms with E-state index in [1.54, 1.807) is 12.1 Å². The van der Waals surface area contributed by atoms with Crippen molar-refractivity contribution in [2.45, 2.75) is 6.92 Å². The molecule has 0 saturated carbocycles. The highest BCUT2D eigenvalue weighted by atomic mass is 16.4. The van der Waals surface area contributed by atoms with E-state index in [1.165, 1.54) is 0 Å². The van der Waals surface area contributed by atoms with E-state index in [1.807, 2.05) is 30.8 Å². The van der Waals surface area contributed by atoms with Gasteiger partial charge in [-0.15, -0.1) is 0 Å². The average Bonchev–Trinajstić information content (AvgIpc) is 2.43. The first kappa shape index (κ1) is 8.81. The third-order valence-electron chi connectivity index (χ3n) is 2.43. The number of hydrogen-bond acceptors (Lipinski definition) is 1. The monoisotopic (exact) mass is 189 g/mol. The van der Waals surface area contributed by atoms with Gasteiger partial charge in [0, 0.05) is 18.6 Å². The van der Waals surface area contributed by atoms with Gasteiger partial charge in [-0.25, -0.2) is 4.79 Å². The molecule has 3 heteroatoms. The van der Waals surface area contributed by atoms with E-state index in [2.05, 4.69) is 0 Å². The number of fused-ring (bicyclic) bond motifs is 1. The second-order valence-electron chi connectivity index (χ2n) is 3.43. The number of carboxylic acids is 1. The molecule has 3 nitrogen and oxygen atoms in total. The fraction of sp³-hybridized carbons (Fsp3) is 0.182. The molecule has 0 fully saturated rings. The number of hydrogen-bond donors (Lipinski definition) is 1. The molecule has 2 aromatic rings. The topological polar surface area (TPSA) is 42.2 Å². The van der Waals surface area contributed by atoms with E-state index < -0.39 is 5.97 Å². The van der Waals surface area contributed by atoms with Gasteiger partial charge in [-0.3, -0.25) is 0 Å². The zero-order valence-electron chi connectivity index (χ0n) is 8.11. The first-order valence-electron chi connectivity index (χ1n) is 4.39. The van der Waals surface area contributed by atoms with Crippen LogP contribution in [0.5, 0.6) is 0 Å². The summed E-state index contributed by atoms with van der Waals surface area (Å²) in [6, 6.07) is 5.35. The van der Waals surface area contributed by atoms with Crippen molar-refractivity contribution in [2.75, 3.05) is 0 Å². The van der Waals surface area contributed by atoms with Crippen LogP contribution in [0.25, 0.3) is 10.9 Å². The molecule has 2 rings (SSSR count). The molecule has 0 aliphatic rings. The summed E-state index contributed by atoms with van der Waals surface area (Å²) in [5.41, 5.74) is 2.25. The first-order chi connectivity index (χ1) is 6.61. The Morgan fingerprint density at radius 3 is 2.79 bits per heavy atom. The van der Waals surface area contributed by atoms with Crippen LogP contribution in [0.3, 0.4) is 0 Å².